The van der Waals surface area contributed by atoms with E-state index < -0.39 is 0 Å². The van der Waals surface area contributed by atoms with Crippen molar-refractivity contribution >= 4 is 87.5 Å². The molecule has 6 nitrogen and oxygen atoms in total. The Bertz CT molecular complexity index is 3750. The van der Waals surface area contributed by atoms with Crippen LogP contribution in [0.15, 0.2) is 167 Å². The van der Waals surface area contributed by atoms with E-state index >= 15 is 0 Å². The first-order chi connectivity index (χ1) is 27.7. The van der Waals surface area contributed by atoms with Gasteiger partial charge in [-0.05, 0) is 84.4 Å². The largest absolute Gasteiger partial charge is 0.456 e. The van der Waals surface area contributed by atoms with Crippen LogP contribution >= 0.6 is 0 Å². The molecule has 0 fully saturated rings. The van der Waals surface area contributed by atoms with Gasteiger partial charge < -0.3 is 18.0 Å². The van der Waals surface area contributed by atoms with E-state index in [4.69, 9.17) is 8.83 Å². The van der Waals surface area contributed by atoms with Crippen molar-refractivity contribution < 1.29 is 8.83 Å². The Labute approximate surface area is 318 Å². The van der Waals surface area contributed by atoms with Crippen molar-refractivity contribution in [1.29, 1.82) is 10.5 Å². The maximum Gasteiger partial charge on any atom is 0.137 e. The monoisotopic (exact) mass is 714 g/mol. The first-order valence-corrected chi connectivity index (χ1v) is 18.5. The summed E-state index contributed by atoms with van der Waals surface area (Å²) in [6.45, 7) is 0. The summed E-state index contributed by atoms with van der Waals surface area (Å²) < 4.78 is 17.3. The minimum absolute atomic E-state index is 0.522. The van der Waals surface area contributed by atoms with Crippen molar-refractivity contribution in [1.82, 2.24) is 9.13 Å². The summed E-state index contributed by atoms with van der Waals surface area (Å²) in [6.07, 6.45) is 0. The number of nitriles is 2. The first-order valence-electron chi connectivity index (χ1n) is 18.5. The zero-order chi connectivity index (χ0) is 37.1. The van der Waals surface area contributed by atoms with E-state index in [9.17, 15) is 10.5 Å². The summed E-state index contributed by atoms with van der Waals surface area (Å²) >= 11 is 0. The lowest BCUT2D eigenvalue weighted by atomic mass is 9.98. The zero-order valence-electron chi connectivity index (χ0n) is 29.6. The highest BCUT2D eigenvalue weighted by Gasteiger charge is 2.23. The molecule has 0 aliphatic carbocycles. The fraction of sp³-hybridized carbons (Fsp3) is 0. The Balaban J connectivity index is 1.20. The molecule has 0 N–H and O–H groups in total. The van der Waals surface area contributed by atoms with Gasteiger partial charge in [0.05, 0.1) is 61.8 Å². The molecule has 0 radical (unpaired) electrons. The van der Waals surface area contributed by atoms with Crippen molar-refractivity contribution in [2.75, 3.05) is 0 Å². The van der Waals surface area contributed by atoms with Crippen molar-refractivity contribution in [2.45, 2.75) is 0 Å². The number of rotatable bonds is 3. The molecule has 0 aliphatic rings. The van der Waals surface area contributed by atoms with Crippen molar-refractivity contribution in [3.05, 3.63) is 169 Å². The number of furan rings is 2. The molecule has 8 aromatic carbocycles. The summed E-state index contributed by atoms with van der Waals surface area (Å²) in [6, 6.07) is 58.2. The standard InChI is InChI=1S/C50H26N4O2/c51-27-29-17-18-33(42(25-29)54-41-14-6-2-10-35(41)37-20-22-46-48(50(37)54)39-12-4-8-16-44(39)56-46)31-23-30(28-52)24-32(26-31)53-40-13-5-1-9-34(40)36-19-21-45-47(49(36)53)38-11-3-7-15-43(38)55-45/h1-26H. The smallest absolute Gasteiger partial charge is 0.137 e. The highest BCUT2D eigenvalue weighted by molar-refractivity contribution is 6.26. The molecule has 12 aromatic rings. The van der Waals surface area contributed by atoms with Gasteiger partial charge in [-0.1, -0.05) is 78.9 Å². The van der Waals surface area contributed by atoms with Crippen molar-refractivity contribution in [3.63, 3.8) is 0 Å². The lowest BCUT2D eigenvalue weighted by Crippen LogP contribution is -2.00. The number of para-hydroxylation sites is 4. The van der Waals surface area contributed by atoms with Gasteiger partial charge in [-0.3, -0.25) is 0 Å². The second kappa shape index (κ2) is 11.2. The molecule has 0 unspecified atom stereocenters. The molecular weight excluding hydrogens is 689 g/mol. The molecule has 4 aromatic heterocycles. The van der Waals surface area contributed by atoms with E-state index in [0.29, 0.717) is 11.1 Å². The zero-order valence-corrected chi connectivity index (χ0v) is 29.6. The third-order valence-corrected chi connectivity index (χ3v) is 11.3. The topological polar surface area (TPSA) is 83.7 Å². The Morgan fingerprint density at radius 2 is 0.946 bits per heavy atom. The minimum Gasteiger partial charge on any atom is -0.456 e. The summed E-state index contributed by atoms with van der Waals surface area (Å²) in [5.41, 5.74) is 11.8. The van der Waals surface area contributed by atoms with Crippen molar-refractivity contribution in [3.8, 4) is 34.6 Å². The van der Waals surface area contributed by atoms with Gasteiger partial charge in [0.2, 0.25) is 0 Å². The van der Waals surface area contributed by atoms with Crippen LogP contribution < -0.4 is 0 Å². The first kappa shape index (κ1) is 30.4. The third kappa shape index (κ3) is 4.07. The maximum absolute atomic E-state index is 10.6. The fourth-order valence-corrected chi connectivity index (χ4v) is 9.04. The number of fused-ring (bicyclic) bond motifs is 14. The predicted molar refractivity (Wildman–Crippen MR) is 225 cm³/mol. The highest BCUT2D eigenvalue weighted by Crippen LogP contribution is 2.45. The van der Waals surface area contributed by atoms with Gasteiger partial charge in [-0.25, -0.2) is 0 Å². The second-order valence-electron chi connectivity index (χ2n) is 14.3. The van der Waals surface area contributed by atoms with Crippen LogP contribution in [0.25, 0.3) is 110 Å². The predicted octanol–water partition coefficient (Wildman–Crippen LogP) is 13.1. The molecule has 0 saturated carbocycles. The molecule has 0 aliphatic heterocycles. The molecule has 0 amide bonds. The Kier molecular flexibility index (Phi) is 6.10. The lowest BCUT2D eigenvalue weighted by molar-refractivity contribution is 0.669. The Morgan fingerprint density at radius 3 is 1.55 bits per heavy atom. The molecule has 0 bridgehead atoms. The van der Waals surface area contributed by atoms with Gasteiger partial charge >= 0.3 is 0 Å². The van der Waals surface area contributed by atoms with Crippen LogP contribution in [0.2, 0.25) is 0 Å². The number of nitrogens with zero attached hydrogens (tertiary/aromatic N) is 4. The van der Waals surface area contributed by atoms with E-state index in [2.05, 4.69) is 106 Å². The van der Waals surface area contributed by atoms with Gasteiger partial charge in [0.1, 0.15) is 22.3 Å². The molecule has 0 saturated heterocycles. The molecule has 0 spiro atoms. The SMILES string of the molecule is N#Cc1cc(-c2ccc(C#N)cc2-n2c3ccccc3c3ccc4oc5ccccc5c4c32)cc(-n2c3ccccc3c3ccc4oc5ccccc5c4c32)c1. The Hall–Kier alpha value is -8.06. The van der Waals surface area contributed by atoms with E-state index in [-0.39, 0.29) is 0 Å². The van der Waals surface area contributed by atoms with Gasteiger partial charge in [0.25, 0.3) is 0 Å². The maximum atomic E-state index is 10.6. The number of benzene rings is 8. The van der Waals surface area contributed by atoms with E-state index in [1.807, 2.05) is 72.8 Å². The van der Waals surface area contributed by atoms with Gasteiger partial charge in [0.15, 0.2) is 0 Å². The summed E-state index contributed by atoms with van der Waals surface area (Å²) in [5, 5.41) is 29.4. The average Bonchev–Trinajstić information content (AvgIpc) is 4.00. The third-order valence-electron chi connectivity index (χ3n) is 11.3. The molecule has 6 heteroatoms. The summed E-state index contributed by atoms with van der Waals surface area (Å²) in [7, 11) is 0. The van der Waals surface area contributed by atoms with Crippen LogP contribution in [0, 0.1) is 22.7 Å². The Morgan fingerprint density at radius 1 is 0.411 bits per heavy atom. The van der Waals surface area contributed by atoms with Gasteiger partial charge in [0, 0.05) is 43.6 Å². The molecular formula is C50H26N4O2. The average molecular weight is 715 g/mol. The van der Waals surface area contributed by atoms with Gasteiger partial charge in [-0.2, -0.15) is 10.5 Å². The number of aromatic nitrogens is 2. The number of hydrogen-bond donors (Lipinski definition) is 0. The quantitative estimate of drug-likeness (QED) is 0.182. The fourth-order valence-electron chi connectivity index (χ4n) is 9.04. The van der Waals surface area contributed by atoms with Crippen LogP contribution in [0.4, 0.5) is 0 Å². The van der Waals surface area contributed by atoms with Crippen LogP contribution in [-0.2, 0) is 0 Å². The molecule has 56 heavy (non-hydrogen) atoms. The van der Waals surface area contributed by atoms with E-state index in [1.165, 1.54) is 0 Å². The number of hydrogen-bond acceptors (Lipinski definition) is 4. The van der Waals surface area contributed by atoms with Crippen LogP contribution in [0.3, 0.4) is 0 Å². The molecule has 12 rings (SSSR count). The van der Waals surface area contributed by atoms with E-state index in [1.54, 1.807) is 0 Å². The van der Waals surface area contributed by atoms with Crippen molar-refractivity contribution in [2.24, 2.45) is 0 Å². The molecule has 0 atom stereocenters. The minimum atomic E-state index is 0.522. The van der Waals surface area contributed by atoms with Crippen LogP contribution in [-0.4, -0.2) is 9.13 Å². The van der Waals surface area contributed by atoms with Crippen LogP contribution in [0.1, 0.15) is 11.1 Å². The normalized spacial score (nSPS) is 11.9. The second-order valence-corrected chi connectivity index (χ2v) is 14.3. The molecule has 4 heterocycles. The van der Waals surface area contributed by atoms with Gasteiger partial charge in [-0.15, -0.1) is 0 Å². The molecule has 258 valence electrons. The highest BCUT2D eigenvalue weighted by atomic mass is 16.3. The van der Waals surface area contributed by atoms with Crippen LogP contribution in [0.5, 0.6) is 0 Å². The summed E-state index contributed by atoms with van der Waals surface area (Å²) in [4.78, 5) is 0. The van der Waals surface area contributed by atoms with E-state index in [0.717, 1.165) is 110 Å². The summed E-state index contributed by atoms with van der Waals surface area (Å²) in [5.74, 6) is 0. The lowest BCUT2D eigenvalue weighted by Gasteiger charge is -2.17.